The zero-order valence-corrected chi connectivity index (χ0v) is 18.9. The first kappa shape index (κ1) is 22.2. The number of rotatable bonds is 5. The third kappa shape index (κ3) is 4.63. The Morgan fingerprint density at radius 2 is 1.73 bits per heavy atom. The summed E-state index contributed by atoms with van der Waals surface area (Å²) in [7, 11) is 0. The molecular weight excluding hydrogens is 492 g/mol. The average molecular weight is 509 g/mol. The Balaban J connectivity index is 1.59. The number of halogens is 1. The summed E-state index contributed by atoms with van der Waals surface area (Å²) in [5.74, 6) is -1.26. The highest BCUT2D eigenvalue weighted by molar-refractivity contribution is 9.10. The van der Waals surface area contributed by atoms with Gasteiger partial charge in [-0.3, -0.25) is 14.9 Å². The highest BCUT2D eigenvalue weighted by Crippen LogP contribution is 2.27. The van der Waals surface area contributed by atoms with Crippen molar-refractivity contribution in [3.8, 4) is 11.3 Å². The number of nitrogens with zero attached hydrogens (tertiary/aromatic N) is 1. The van der Waals surface area contributed by atoms with E-state index in [1.807, 2.05) is 0 Å². The molecule has 8 nitrogen and oxygen atoms in total. The van der Waals surface area contributed by atoms with E-state index in [1.54, 1.807) is 67.6 Å². The number of imide groups is 2. The quantitative estimate of drug-likeness (QED) is 0.307. The highest BCUT2D eigenvalue weighted by Gasteiger charge is 2.37. The maximum absolute atomic E-state index is 12.9. The molecule has 0 aliphatic carbocycles. The van der Waals surface area contributed by atoms with E-state index in [2.05, 4.69) is 21.2 Å². The molecule has 1 aliphatic heterocycles. The second-order valence-electron chi connectivity index (χ2n) is 6.93. The highest BCUT2D eigenvalue weighted by atomic mass is 79.9. The lowest BCUT2D eigenvalue weighted by Crippen LogP contribution is -2.54. The third-order valence-electron chi connectivity index (χ3n) is 4.78. The molecule has 4 amide bonds. The van der Waals surface area contributed by atoms with Crippen LogP contribution in [0.1, 0.15) is 23.0 Å². The number of hydrogen-bond acceptors (Lipinski definition) is 6. The smallest absolute Gasteiger partial charge is 0.338 e. The van der Waals surface area contributed by atoms with Gasteiger partial charge >= 0.3 is 12.0 Å². The maximum atomic E-state index is 12.9. The van der Waals surface area contributed by atoms with Crippen LogP contribution in [0.25, 0.3) is 17.4 Å². The molecule has 0 atom stereocenters. The van der Waals surface area contributed by atoms with E-state index in [4.69, 9.17) is 9.15 Å². The van der Waals surface area contributed by atoms with Gasteiger partial charge in [0.05, 0.1) is 17.9 Å². The molecule has 4 rings (SSSR count). The molecule has 166 valence electrons. The third-order valence-corrected chi connectivity index (χ3v) is 5.31. The lowest BCUT2D eigenvalue weighted by Gasteiger charge is -2.26. The van der Waals surface area contributed by atoms with Crippen LogP contribution in [0, 0.1) is 0 Å². The van der Waals surface area contributed by atoms with Crippen molar-refractivity contribution in [2.45, 2.75) is 6.92 Å². The fourth-order valence-electron chi connectivity index (χ4n) is 3.19. The molecule has 2 aromatic carbocycles. The Labute approximate surface area is 197 Å². The van der Waals surface area contributed by atoms with E-state index in [0.717, 1.165) is 9.37 Å². The fraction of sp³-hybridized carbons (Fsp3) is 0.0833. The first-order chi connectivity index (χ1) is 15.9. The number of esters is 1. The van der Waals surface area contributed by atoms with Crippen molar-refractivity contribution in [2.75, 3.05) is 11.5 Å². The van der Waals surface area contributed by atoms with Gasteiger partial charge in [-0.15, -0.1) is 0 Å². The van der Waals surface area contributed by atoms with E-state index in [-0.39, 0.29) is 17.9 Å². The summed E-state index contributed by atoms with van der Waals surface area (Å²) in [6.45, 7) is 2.02. The number of ether oxygens (including phenoxy) is 1. The molecule has 1 aliphatic rings. The summed E-state index contributed by atoms with van der Waals surface area (Å²) < 4.78 is 11.5. The summed E-state index contributed by atoms with van der Waals surface area (Å²) >= 11 is 3.30. The predicted octanol–water partition coefficient (Wildman–Crippen LogP) is 4.55. The van der Waals surface area contributed by atoms with Crippen molar-refractivity contribution in [2.24, 2.45) is 0 Å². The van der Waals surface area contributed by atoms with Gasteiger partial charge in [-0.1, -0.05) is 28.1 Å². The van der Waals surface area contributed by atoms with Crippen LogP contribution < -0.4 is 10.2 Å². The van der Waals surface area contributed by atoms with Gasteiger partial charge < -0.3 is 9.15 Å². The average Bonchev–Trinajstić information content (AvgIpc) is 3.27. The van der Waals surface area contributed by atoms with Crippen molar-refractivity contribution < 1.29 is 28.3 Å². The van der Waals surface area contributed by atoms with Crippen LogP contribution in [0.3, 0.4) is 0 Å². The molecule has 9 heteroatoms. The number of barbiturate groups is 1. The Bertz CT molecular complexity index is 1280. The first-order valence-corrected chi connectivity index (χ1v) is 10.7. The topological polar surface area (TPSA) is 106 Å². The number of furan rings is 1. The Morgan fingerprint density at radius 3 is 2.39 bits per heavy atom. The summed E-state index contributed by atoms with van der Waals surface area (Å²) in [5, 5.41) is 2.17. The van der Waals surface area contributed by atoms with E-state index in [0.29, 0.717) is 22.6 Å². The second kappa shape index (κ2) is 9.25. The number of carbonyl (C=O) groups is 4. The van der Waals surface area contributed by atoms with E-state index >= 15 is 0 Å². The second-order valence-corrected chi connectivity index (χ2v) is 7.85. The van der Waals surface area contributed by atoms with Crippen LogP contribution in [0.15, 0.2) is 75.1 Å². The van der Waals surface area contributed by atoms with E-state index < -0.39 is 23.8 Å². The summed E-state index contributed by atoms with van der Waals surface area (Å²) in [4.78, 5) is 50.3. The Morgan fingerprint density at radius 1 is 1.03 bits per heavy atom. The number of nitrogens with one attached hydrogen (secondary N) is 1. The lowest BCUT2D eigenvalue weighted by molar-refractivity contribution is -0.122. The number of urea groups is 1. The molecular formula is C24H17BrN2O6. The molecule has 0 unspecified atom stereocenters. The molecule has 33 heavy (non-hydrogen) atoms. The molecule has 1 aromatic heterocycles. The zero-order valence-electron chi connectivity index (χ0n) is 17.3. The van der Waals surface area contributed by atoms with Crippen LogP contribution >= 0.6 is 15.9 Å². The van der Waals surface area contributed by atoms with Gasteiger partial charge in [-0.05, 0) is 61.5 Å². The summed E-state index contributed by atoms with van der Waals surface area (Å²) in [5.41, 5.74) is 1.19. The SMILES string of the molecule is CCOC(=O)c1ccc(-c2ccc(/C=C3/C(=O)NC(=O)N(c4ccc(Br)cc4)C3=O)o2)cc1. The first-order valence-electron chi connectivity index (χ1n) is 9.92. The summed E-state index contributed by atoms with van der Waals surface area (Å²) in [6, 6.07) is 15.6. The molecule has 1 saturated heterocycles. The number of benzene rings is 2. The van der Waals surface area contributed by atoms with Crippen molar-refractivity contribution in [1.82, 2.24) is 5.32 Å². The fourth-order valence-corrected chi connectivity index (χ4v) is 3.46. The van der Waals surface area contributed by atoms with Gasteiger partial charge in [0.1, 0.15) is 17.1 Å². The minimum absolute atomic E-state index is 0.240. The van der Waals surface area contributed by atoms with Gasteiger partial charge in [0.15, 0.2) is 0 Å². The van der Waals surface area contributed by atoms with Gasteiger partial charge in [0, 0.05) is 10.0 Å². The monoisotopic (exact) mass is 508 g/mol. The molecule has 3 aromatic rings. The number of amides is 4. The lowest BCUT2D eigenvalue weighted by atomic mass is 10.1. The normalized spacial score (nSPS) is 15.0. The van der Waals surface area contributed by atoms with Crippen molar-refractivity contribution >= 4 is 51.5 Å². The molecule has 1 N–H and O–H groups in total. The number of anilines is 1. The van der Waals surface area contributed by atoms with Crippen LogP contribution in [0.2, 0.25) is 0 Å². The molecule has 0 radical (unpaired) electrons. The minimum Gasteiger partial charge on any atom is -0.462 e. The number of carbonyl (C=O) groups excluding carboxylic acids is 4. The standard InChI is InChI=1S/C24H17BrN2O6/c1-2-32-23(30)15-5-3-14(4-6-15)20-12-11-18(33-20)13-19-21(28)26-24(31)27(22(19)29)17-9-7-16(25)8-10-17/h3-13H,2H2,1H3,(H,26,28,31)/b19-13-. The van der Waals surface area contributed by atoms with Crippen molar-refractivity contribution in [3.63, 3.8) is 0 Å². The van der Waals surface area contributed by atoms with Crippen molar-refractivity contribution in [3.05, 3.63) is 82.0 Å². The Hall–Kier alpha value is -3.98. The molecule has 0 spiro atoms. The predicted molar refractivity (Wildman–Crippen MR) is 123 cm³/mol. The van der Waals surface area contributed by atoms with Crippen LogP contribution in [0.4, 0.5) is 10.5 Å². The van der Waals surface area contributed by atoms with Crippen LogP contribution in [-0.4, -0.2) is 30.4 Å². The molecule has 0 saturated carbocycles. The largest absolute Gasteiger partial charge is 0.462 e. The van der Waals surface area contributed by atoms with Gasteiger partial charge in [0.25, 0.3) is 11.8 Å². The number of hydrogen-bond donors (Lipinski definition) is 1. The van der Waals surface area contributed by atoms with Gasteiger partial charge in [0.2, 0.25) is 0 Å². The molecule has 1 fully saturated rings. The van der Waals surface area contributed by atoms with Gasteiger partial charge in [-0.2, -0.15) is 0 Å². The minimum atomic E-state index is -0.828. The van der Waals surface area contributed by atoms with E-state index in [9.17, 15) is 19.2 Å². The van der Waals surface area contributed by atoms with Crippen LogP contribution in [0.5, 0.6) is 0 Å². The Kier molecular flexibility index (Phi) is 6.23. The van der Waals surface area contributed by atoms with E-state index in [1.165, 1.54) is 6.08 Å². The molecule has 2 heterocycles. The van der Waals surface area contributed by atoms with Crippen molar-refractivity contribution in [1.29, 1.82) is 0 Å². The molecule has 0 bridgehead atoms. The zero-order chi connectivity index (χ0) is 23.5. The summed E-state index contributed by atoms with van der Waals surface area (Å²) in [6.07, 6.45) is 1.28. The van der Waals surface area contributed by atoms with Crippen LogP contribution in [-0.2, 0) is 14.3 Å². The van der Waals surface area contributed by atoms with Gasteiger partial charge in [-0.25, -0.2) is 14.5 Å². The maximum Gasteiger partial charge on any atom is 0.338 e.